The Balaban J connectivity index is 2.21. The summed E-state index contributed by atoms with van der Waals surface area (Å²) >= 11 is 0. The van der Waals surface area contributed by atoms with Crippen LogP contribution in [-0.2, 0) is 27.1 Å². The fourth-order valence-electron chi connectivity index (χ4n) is 2.07. The third kappa shape index (κ3) is 4.68. The molecule has 2 rings (SSSR count). The number of hydrogen-bond donors (Lipinski definition) is 1. The van der Waals surface area contributed by atoms with Crippen molar-refractivity contribution in [3.63, 3.8) is 0 Å². The number of carboxylic acids is 1. The highest BCUT2D eigenvalue weighted by molar-refractivity contribution is 7.88. The van der Waals surface area contributed by atoms with Gasteiger partial charge in [-0.1, -0.05) is 60.7 Å². The first-order valence-electron chi connectivity index (χ1n) is 6.75. The van der Waals surface area contributed by atoms with Gasteiger partial charge in [0.1, 0.15) is 6.54 Å². The van der Waals surface area contributed by atoms with Gasteiger partial charge in [-0.15, -0.1) is 0 Å². The average Bonchev–Trinajstić information content (AvgIpc) is 2.48. The van der Waals surface area contributed by atoms with Gasteiger partial charge in [0.25, 0.3) is 0 Å². The summed E-state index contributed by atoms with van der Waals surface area (Å²) in [6.07, 6.45) is 0. The SMILES string of the molecule is O=C(O)CN(Cc1ccccc1)S(=O)(=O)Cc1ccccc1. The van der Waals surface area contributed by atoms with Crippen LogP contribution in [0.4, 0.5) is 0 Å². The fraction of sp³-hybridized carbons (Fsp3) is 0.188. The standard InChI is InChI=1S/C16H17NO4S/c18-16(19)12-17(11-14-7-3-1-4-8-14)22(20,21)13-15-9-5-2-6-10-15/h1-10H,11-13H2,(H,18,19). The molecule has 0 aliphatic rings. The van der Waals surface area contributed by atoms with E-state index >= 15 is 0 Å². The topological polar surface area (TPSA) is 74.7 Å². The normalized spacial score (nSPS) is 11.5. The number of carboxylic acid groups (broad SMARTS) is 1. The number of benzene rings is 2. The summed E-state index contributed by atoms with van der Waals surface area (Å²) < 4.78 is 26.0. The number of carbonyl (C=O) groups is 1. The smallest absolute Gasteiger partial charge is 0.318 e. The second-order valence-corrected chi connectivity index (χ2v) is 6.86. The quantitative estimate of drug-likeness (QED) is 0.848. The second-order valence-electron chi connectivity index (χ2n) is 4.89. The van der Waals surface area contributed by atoms with Gasteiger partial charge in [0, 0.05) is 6.54 Å². The maximum Gasteiger partial charge on any atom is 0.318 e. The first-order chi connectivity index (χ1) is 10.5. The molecular formula is C16H17NO4S. The molecule has 0 amide bonds. The zero-order valence-electron chi connectivity index (χ0n) is 11.9. The average molecular weight is 319 g/mol. The summed E-state index contributed by atoms with van der Waals surface area (Å²) in [4.78, 5) is 11.0. The molecule has 0 fully saturated rings. The van der Waals surface area contributed by atoms with Crippen LogP contribution in [0.5, 0.6) is 0 Å². The summed E-state index contributed by atoms with van der Waals surface area (Å²) in [5, 5.41) is 8.99. The van der Waals surface area contributed by atoms with Crippen LogP contribution in [0.25, 0.3) is 0 Å². The summed E-state index contributed by atoms with van der Waals surface area (Å²) in [6.45, 7) is -0.508. The highest BCUT2D eigenvalue weighted by Gasteiger charge is 2.25. The minimum atomic E-state index is -3.72. The van der Waals surface area contributed by atoms with Gasteiger partial charge in [0.15, 0.2) is 0 Å². The van der Waals surface area contributed by atoms with E-state index in [4.69, 9.17) is 5.11 Å². The Kier molecular flexibility index (Phi) is 5.30. The lowest BCUT2D eigenvalue weighted by atomic mass is 10.2. The Morgan fingerprint density at radius 1 is 0.909 bits per heavy atom. The molecule has 0 bridgehead atoms. The van der Waals surface area contributed by atoms with Crippen molar-refractivity contribution in [1.29, 1.82) is 0 Å². The highest BCUT2D eigenvalue weighted by Crippen LogP contribution is 2.14. The van der Waals surface area contributed by atoms with Gasteiger partial charge in [0.05, 0.1) is 5.75 Å². The first kappa shape index (κ1) is 16.2. The Morgan fingerprint density at radius 2 is 1.41 bits per heavy atom. The summed E-state index contributed by atoms with van der Waals surface area (Å²) in [5.74, 6) is -1.39. The van der Waals surface area contributed by atoms with E-state index in [-0.39, 0.29) is 12.3 Å². The van der Waals surface area contributed by atoms with Crippen LogP contribution in [-0.4, -0.2) is 30.3 Å². The monoisotopic (exact) mass is 319 g/mol. The van der Waals surface area contributed by atoms with Crippen LogP contribution in [0.2, 0.25) is 0 Å². The molecule has 1 N–H and O–H groups in total. The minimum absolute atomic E-state index is 0.0440. The Labute approximate surface area is 129 Å². The lowest BCUT2D eigenvalue weighted by Crippen LogP contribution is -2.36. The van der Waals surface area contributed by atoms with E-state index < -0.39 is 22.5 Å². The van der Waals surface area contributed by atoms with Crippen LogP contribution in [0.15, 0.2) is 60.7 Å². The number of hydrogen-bond acceptors (Lipinski definition) is 3. The molecule has 6 heteroatoms. The molecule has 0 aromatic heterocycles. The Bertz CT molecular complexity index is 714. The van der Waals surface area contributed by atoms with Crippen molar-refractivity contribution in [3.8, 4) is 0 Å². The van der Waals surface area contributed by atoms with Gasteiger partial charge >= 0.3 is 5.97 Å². The summed E-state index contributed by atoms with van der Waals surface area (Å²) in [7, 11) is -3.72. The first-order valence-corrected chi connectivity index (χ1v) is 8.36. The van der Waals surface area contributed by atoms with E-state index in [1.165, 1.54) is 0 Å². The molecule has 0 saturated heterocycles. The lowest BCUT2D eigenvalue weighted by Gasteiger charge is -2.20. The lowest BCUT2D eigenvalue weighted by molar-refractivity contribution is -0.137. The molecule has 0 spiro atoms. The van der Waals surface area contributed by atoms with E-state index in [0.717, 1.165) is 9.87 Å². The molecule has 2 aromatic carbocycles. The number of sulfonamides is 1. The van der Waals surface area contributed by atoms with Gasteiger partial charge in [-0.25, -0.2) is 8.42 Å². The molecule has 2 aromatic rings. The van der Waals surface area contributed by atoms with Crippen LogP contribution in [0.3, 0.4) is 0 Å². The van der Waals surface area contributed by atoms with Gasteiger partial charge < -0.3 is 5.11 Å². The molecule has 0 aliphatic heterocycles. The van der Waals surface area contributed by atoms with Gasteiger partial charge in [-0.05, 0) is 11.1 Å². The van der Waals surface area contributed by atoms with Crippen molar-refractivity contribution in [2.75, 3.05) is 6.54 Å². The predicted octanol–water partition coefficient (Wildman–Crippen LogP) is 2.10. The molecule has 5 nitrogen and oxygen atoms in total. The maximum atomic E-state index is 12.5. The van der Waals surface area contributed by atoms with Gasteiger partial charge in [-0.2, -0.15) is 4.31 Å². The van der Waals surface area contributed by atoms with Crippen LogP contribution >= 0.6 is 0 Å². The molecule has 22 heavy (non-hydrogen) atoms. The van der Waals surface area contributed by atoms with E-state index in [1.54, 1.807) is 54.6 Å². The maximum absolute atomic E-state index is 12.5. The van der Waals surface area contributed by atoms with E-state index in [0.29, 0.717) is 5.56 Å². The third-order valence-corrected chi connectivity index (χ3v) is 4.84. The van der Waals surface area contributed by atoms with Crippen molar-refractivity contribution in [3.05, 3.63) is 71.8 Å². The third-order valence-electron chi connectivity index (χ3n) is 3.10. The highest BCUT2D eigenvalue weighted by atomic mass is 32.2. The van der Waals surface area contributed by atoms with Crippen molar-refractivity contribution >= 4 is 16.0 Å². The van der Waals surface area contributed by atoms with Crippen molar-refractivity contribution in [2.45, 2.75) is 12.3 Å². The largest absolute Gasteiger partial charge is 0.480 e. The van der Waals surface area contributed by atoms with Crippen LogP contribution < -0.4 is 0 Å². The van der Waals surface area contributed by atoms with Crippen LogP contribution in [0.1, 0.15) is 11.1 Å². The zero-order chi connectivity index (χ0) is 16.0. The number of nitrogens with zero attached hydrogens (tertiary/aromatic N) is 1. The van der Waals surface area contributed by atoms with E-state index in [2.05, 4.69) is 0 Å². The molecule has 0 unspecified atom stereocenters. The number of rotatable bonds is 7. The summed E-state index contributed by atoms with van der Waals surface area (Å²) in [5.41, 5.74) is 1.38. The molecule has 0 heterocycles. The van der Waals surface area contributed by atoms with Crippen molar-refractivity contribution in [1.82, 2.24) is 4.31 Å². The zero-order valence-corrected chi connectivity index (χ0v) is 12.7. The number of aliphatic carboxylic acids is 1. The molecular weight excluding hydrogens is 302 g/mol. The fourth-order valence-corrected chi connectivity index (χ4v) is 3.52. The molecule has 0 saturated carbocycles. The Morgan fingerprint density at radius 3 is 1.91 bits per heavy atom. The minimum Gasteiger partial charge on any atom is -0.480 e. The van der Waals surface area contributed by atoms with Gasteiger partial charge in [-0.3, -0.25) is 4.79 Å². The Hall–Kier alpha value is -2.18. The predicted molar refractivity (Wildman–Crippen MR) is 83.6 cm³/mol. The van der Waals surface area contributed by atoms with Crippen molar-refractivity contribution < 1.29 is 18.3 Å². The van der Waals surface area contributed by atoms with E-state index in [1.807, 2.05) is 6.07 Å². The molecule has 0 aliphatic carbocycles. The van der Waals surface area contributed by atoms with Crippen LogP contribution in [0, 0.1) is 0 Å². The van der Waals surface area contributed by atoms with Crippen molar-refractivity contribution in [2.24, 2.45) is 0 Å². The summed E-state index contributed by atoms with van der Waals surface area (Å²) in [6, 6.07) is 17.7. The van der Waals surface area contributed by atoms with E-state index in [9.17, 15) is 13.2 Å². The molecule has 116 valence electrons. The molecule has 0 atom stereocenters. The second kappa shape index (κ2) is 7.20. The molecule has 0 radical (unpaired) electrons. The van der Waals surface area contributed by atoms with Gasteiger partial charge in [0.2, 0.25) is 10.0 Å².